The van der Waals surface area contributed by atoms with Gasteiger partial charge in [-0.25, -0.2) is 4.79 Å². The smallest absolute Gasteiger partial charge is 0.340 e. The lowest BCUT2D eigenvalue weighted by atomic mass is 10.2. The van der Waals surface area contributed by atoms with E-state index in [1.807, 2.05) is 18.2 Å². The largest absolute Gasteiger partial charge is 0.465 e. The van der Waals surface area contributed by atoms with Crippen LogP contribution in [-0.4, -0.2) is 13.1 Å². The highest BCUT2D eigenvalue weighted by Gasteiger charge is 2.14. The first-order chi connectivity index (χ1) is 9.11. The van der Waals surface area contributed by atoms with Gasteiger partial charge in [-0.1, -0.05) is 18.2 Å². The normalized spacial score (nSPS) is 10.4. The summed E-state index contributed by atoms with van der Waals surface area (Å²) in [6, 6.07) is 10.1. The number of ether oxygens (including phenoxy) is 1. The van der Waals surface area contributed by atoms with E-state index in [-0.39, 0.29) is 5.97 Å². The van der Waals surface area contributed by atoms with Gasteiger partial charge in [0.25, 0.3) is 0 Å². The number of thiophene rings is 1. The predicted octanol–water partition coefficient (Wildman–Crippen LogP) is 3.72. The Labute approximate surface area is 120 Å². The quantitative estimate of drug-likeness (QED) is 0.689. The molecule has 0 unspecified atom stereocenters. The third kappa shape index (κ3) is 3.30. The monoisotopic (exact) mass is 293 g/mol. The standard InChI is InChI=1S/C14H15NO2S2/c1-9-5-3-4-6-12(9)18-8-10-7-11(13(15)19-10)14(16)17-2/h3-7H,8,15H2,1-2H3. The van der Waals surface area contributed by atoms with Crippen molar-refractivity contribution in [2.45, 2.75) is 17.6 Å². The number of benzene rings is 1. The van der Waals surface area contributed by atoms with Gasteiger partial charge in [0.2, 0.25) is 0 Å². The van der Waals surface area contributed by atoms with E-state index in [2.05, 4.69) is 19.1 Å². The van der Waals surface area contributed by atoms with Gasteiger partial charge < -0.3 is 10.5 Å². The number of rotatable bonds is 4. The molecular weight excluding hydrogens is 278 g/mol. The maximum absolute atomic E-state index is 11.5. The van der Waals surface area contributed by atoms with Gasteiger partial charge in [0.05, 0.1) is 12.7 Å². The molecule has 0 amide bonds. The van der Waals surface area contributed by atoms with Crippen molar-refractivity contribution in [3.8, 4) is 0 Å². The van der Waals surface area contributed by atoms with Gasteiger partial charge in [-0.15, -0.1) is 23.1 Å². The van der Waals surface area contributed by atoms with E-state index in [0.29, 0.717) is 10.6 Å². The van der Waals surface area contributed by atoms with Crippen LogP contribution in [0.3, 0.4) is 0 Å². The Kier molecular flexibility index (Phi) is 4.50. The molecule has 0 aliphatic heterocycles. The fourth-order valence-electron chi connectivity index (χ4n) is 1.67. The van der Waals surface area contributed by atoms with Crippen LogP contribution in [0.1, 0.15) is 20.8 Å². The van der Waals surface area contributed by atoms with Crippen molar-refractivity contribution < 1.29 is 9.53 Å². The summed E-state index contributed by atoms with van der Waals surface area (Å²) < 4.78 is 4.69. The molecule has 1 aromatic heterocycles. The van der Waals surface area contributed by atoms with Crippen LogP contribution in [-0.2, 0) is 10.5 Å². The lowest BCUT2D eigenvalue weighted by Crippen LogP contribution is -2.01. The second-order valence-corrected chi connectivity index (χ2v) is 6.22. The fraction of sp³-hybridized carbons (Fsp3) is 0.214. The molecular formula is C14H15NO2S2. The van der Waals surface area contributed by atoms with Gasteiger partial charge in [-0.05, 0) is 24.6 Å². The first-order valence-electron chi connectivity index (χ1n) is 5.76. The molecule has 0 bridgehead atoms. The van der Waals surface area contributed by atoms with Gasteiger partial charge in [0.1, 0.15) is 5.00 Å². The first kappa shape index (κ1) is 14.0. The number of carbonyl (C=O) groups excluding carboxylic acids is 1. The Morgan fingerprint density at radius 3 is 2.84 bits per heavy atom. The summed E-state index contributed by atoms with van der Waals surface area (Å²) in [5.74, 6) is 0.428. The minimum absolute atomic E-state index is 0.374. The van der Waals surface area contributed by atoms with Crippen molar-refractivity contribution in [1.29, 1.82) is 0 Å². The van der Waals surface area contributed by atoms with Crippen molar-refractivity contribution in [1.82, 2.24) is 0 Å². The lowest BCUT2D eigenvalue weighted by molar-refractivity contribution is 0.0602. The van der Waals surface area contributed by atoms with Gasteiger partial charge >= 0.3 is 5.97 Å². The summed E-state index contributed by atoms with van der Waals surface area (Å²) in [5.41, 5.74) is 7.55. The average Bonchev–Trinajstić information content (AvgIpc) is 2.78. The fourth-order valence-corrected chi connectivity index (χ4v) is 3.64. The molecule has 0 spiro atoms. The molecule has 2 rings (SSSR count). The van der Waals surface area contributed by atoms with E-state index in [1.54, 1.807) is 11.8 Å². The second kappa shape index (κ2) is 6.12. The zero-order valence-corrected chi connectivity index (χ0v) is 12.4. The number of nitrogens with two attached hydrogens (primary N) is 1. The average molecular weight is 293 g/mol. The van der Waals surface area contributed by atoms with Crippen LogP contribution < -0.4 is 5.73 Å². The molecule has 0 atom stereocenters. The third-order valence-electron chi connectivity index (χ3n) is 2.68. The molecule has 2 N–H and O–H groups in total. The molecule has 0 saturated heterocycles. The van der Waals surface area contributed by atoms with E-state index >= 15 is 0 Å². The summed E-state index contributed by atoms with van der Waals surface area (Å²) in [5, 5.41) is 0.521. The molecule has 1 heterocycles. The van der Waals surface area contributed by atoms with Gasteiger partial charge in [-0.3, -0.25) is 0 Å². The minimum Gasteiger partial charge on any atom is -0.465 e. The number of thioether (sulfide) groups is 1. The summed E-state index contributed by atoms with van der Waals surface area (Å²) in [6.45, 7) is 2.09. The van der Waals surface area contributed by atoms with E-state index in [0.717, 1.165) is 10.6 Å². The van der Waals surface area contributed by atoms with E-state index in [1.165, 1.54) is 28.9 Å². The lowest BCUT2D eigenvalue weighted by Gasteiger charge is -2.03. The topological polar surface area (TPSA) is 52.3 Å². The Morgan fingerprint density at radius 2 is 2.16 bits per heavy atom. The van der Waals surface area contributed by atoms with Gasteiger partial charge in [0.15, 0.2) is 0 Å². The molecule has 2 aromatic rings. The number of esters is 1. The number of hydrogen-bond acceptors (Lipinski definition) is 5. The highest BCUT2D eigenvalue weighted by molar-refractivity contribution is 7.98. The Balaban J connectivity index is 2.09. The number of carbonyl (C=O) groups is 1. The molecule has 19 heavy (non-hydrogen) atoms. The van der Waals surface area contributed by atoms with Crippen molar-refractivity contribution >= 4 is 34.1 Å². The summed E-state index contributed by atoms with van der Waals surface area (Å²) in [7, 11) is 1.36. The minimum atomic E-state index is -0.374. The number of aryl methyl sites for hydroxylation is 1. The number of nitrogen functional groups attached to an aromatic ring is 1. The van der Waals surface area contributed by atoms with Gasteiger partial charge in [0, 0.05) is 15.5 Å². The molecule has 5 heteroatoms. The third-order valence-corrected chi connectivity index (χ3v) is 5.05. The molecule has 100 valence electrons. The molecule has 0 radical (unpaired) electrons. The zero-order valence-electron chi connectivity index (χ0n) is 10.8. The maximum atomic E-state index is 11.5. The molecule has 0 aliphatic rings. The second-order valence-electron chi connectivity index (χ2n) is 4.04. The van der Waals surface area contributed by atoms with E-state index in [4.69, 9.17) is 10.5 Å². The van der Waals surface area contributed by atoms with Crippen molar-refractivity contribution in [3.63, 3.8) is 0 Å². The van der Waals surface area contributed by atoms with Crippen LogP contribution in [0, 0.1) is 6.92 Å². The van der Waals surface area contributed by atoms with E-state index in [9.17, 15) is 4.79 Å². The van der Waals surface area contributed by atoms with E-state index < -0.39 is 0 Å². The van der Waals surface area contributed by atoms with Gasteiger partial charge in [-0.2, -0.15) is 0 Å². The van der Waals surface area contributed by atoms with Crippen molar-refractivity contribution in [2.75, 3.05) is 12.8 Å². The van der Waals surface area contributed by atoms with Crippen LogP contribution >= 0.6 is 23.1 Å². The van der Waals surface area contributed by atoms with Crippen LogP contribution in [0.2, 0.25) is 0 Å². The van der Waals surface area contributed by atoms with Crippen molar-refractivity contribution in [3.05, 3.63) is 46.3 Å². The Hall–Kier alpha value is -1.46. The summed E-state index contributed by atoms with van der Waals surface area (Å²) in [6.07, 6.45) is 0. The molecule has 0 fully saturated rings. The Morgan fingerprint density at radius 1 is 1.42 bits per heavy atom. The SMILES string of the molecule is COC(=O)c1cc(CSc2ccccc2C)sc1N. The predicted molar refractivity (Wildman–Crippen MR) is 80.8 cm³/mol. The highest BCUT2D eigenvalue weighted by Crippen LogP contribution is 2.32. The van der Waals surface area contributed by atoms with Crippen LogP contribution in [0.25, 0.3) is 0 Å². The zero-order chi connectivity index (χ0) is 13.8. The summed E-state index contributed by atoms with van der Waals surface area (Å²) >= 11 is 3.18. The first-order valence-corrected chi connectivity index (χ1v) is 7.57. The van der Waals surface area contributed by atoms with Crippen LogP contribution in [0.15, 0.2) is 35.2 Å². The number of anilines is 1. The number of hydrogen-bond donors (Lipinski definition) is 1. The van der Waals surface area contributed by atoms with Crippen LogP contribution in [0.4, 0.5) is 5.00 Å². The summed E-state index contributed by atoms with van der Waals surface area (Å²) in [4.78, 5) is 13.8. The van der Waals surface area contributed by atoms with Crippen LogP contribution in [0.5, 0.6) is 0 Å². The number of methoxy groups -OCH3 is 1. The van der Waals surface area contributed by atoms with Crippen molar-refractivity contribution in [2.24, 2.45) is 0 Å². The molecule has 0 aliphatic carbocycles. The molecule has 3 nitrogen and oxygen atoms in total. The Bertz CT molecular complexity index is 593. The molecule has 1 aromatic carbocycles. The maximum Gasteiger partial charge on any atom is 0.340 e. The highest BCUT2D eigenvalue weighted by atomic mass is 32.2. The molecule has 0 saturated carbocycles.